The fraction of sp³-hybridized carbons (Fsp3) is 0.769. The van der Waals surface area contributed by atoms with Crippen molar-refractivity contribution >= 4 is 11.3 Å². The van der Waals surface area contributed by atoms with Crippen molar-refractivity contribution in [1.29, 1.82) is 0 Å². The van der Waals surface area contributed by atoms with E-state index in [1.807, 2.05) is 6.92 Å². The third-order valence-electron chi connectivity index (χ3n) is 4.64. The van der Waals surface area contributed by atoms with Crippen molar-refractivity contribution in [3.8, 4) is 0 Å². The molecule has 2 nitrogen and oxygen atoms in total. The van der Waals surface area contributed by atoms with Crippen LogP contribution in [0.2, 0.25) is 0 Å². The van der Waals surface area contributed by atoms with E-state index in [1.54, 1.807) is 11.3 Å². The molecule has 2 N–H and O–H groups in total. The molecule has 1 fully saturated rings. The predicted molar refractivity (Wildman–Crippen MR) is 69.6 cm³/mol. The van der Waals surface area contributed by atoms with Crippen molar-refractivity contribution in [2.24, 2.45) is 22.5 Å². The topological polar surface area (TPSA) is 38.9 Å². The molecule has 0 saturated heterocycles. The number of nitrogens with zero attached hydrogens (tertiary/aromatic N) is 1. The molecule has 0 bridgehead atoms. The van der Waals surface area contributed by atoms with E-state index in [9.17, 15) is 0 Å². The molecule has 0 aromatic carbocycles. The second-order valence-electron chi connectivity index (χ2n) is 6.17. The van der Waals surface area contributed by atoms with E-state index in [4.69, 9.17) is 5.73 Å². The molecule has 1 saturated carbocycles. The molecule has 1 aliphatic carbocycles. The van der Waals surface area contributed by atoms with Gasteiger partial charge in [-0.25, -0.2) is 4.98 Å². The molecular formula is C13H22N2S. The molecule has 90 valence electrons. The summed E-state index contributed by atoms with van der Waals surface area (Å²) in [5.41, 5.74) is 8.20. The second-order valence-corrected chi connectivity index (χ2v) is 7.11. The normalized spacial score (nSPS) is 24.4. The molecule has 0 spiro atoms. The molecule has 1 unspecified atom stereocenters. The summed E-state index contributed by atoms with van der Waals surface area (Å²) in [7, 11) is 0. The number of aryl methyl sites for hydroxylation is 1. The Bertz CT molecular complexity index is 378. The minimum absolute atomic E-state index is 0.246. The summed E-state index contributed by atoms with van der Waals surface area (Å²) >= 11 is 1.73. The molecule has 1 atom stereocenters. The van der Waals surface area contributed by atoms with E-state index in [0.29, 0.717) is 16.7 Å². The van der Waals surface area contributed by atoms with E-state index in [1.165, 1.54) is 5.01 Å². The van der Waals surface area contributed by atoms with Gasteiger partial charge in [0.15, 0.2) is 0 Å². The van der Waals surface area contributed by atoms with E-state index >= 15 is 0 Å². The first-order valence-corrected chi connectivity index (χ1v) is 6.81. The predicted octanol–water partition coefficient (Wildman–Crippen LogP) is 3.00. The molecule has 0 aliphatic heterocycles. The van der Waals surface area contributed by atoms with Crippen molar-refractivity contribution in [2.45, 2.75) is 47.1 Å². The lowest BCUT2D eigenvalue weighted by Crippen LogP contribution is -2.28. The molecule has 3 heteroatoms. The van der Waals surface area contributed by atoms with Crippen LogP contribution in [0.5, 0.6) is 0 Å². The third-order valence-corrected chi connectivity index (χ3v) is 5.63. The molecule has 16 heavy (non-hydrogen) atoms. The first-order valence-electron chi connectivity index (χ1n) is 5.93. The van der Waals surface area contributed by atoms with Crippen molar-refractivity contribution in [2.75, 3.05) is 0 Å². The van der Waals surface area contributed by atoms with E-state index in [-0.39, 0.29) is 6.04 Å². The second kappa shape index (κ2) is 3.54. The SMILES string of the molecule is Cc1csc(CC(N)C2C(C)(C)C2(C)C)n1. The number of rotatable bonds is 3. The Morgan fingerprint density at radius 3 is 2.31 bits per heavy atom. The van der Waals surface area contributed by atoms with Crippen LogP contribution in [-0.2, 0) is 6.42 Å². The summed E-state index contributed by atoms with van der Waals surface area (Å²) in [4.78, 5) is 4.49. The Morgan fingerprint density at radius 1 is 1.38 bits per heavy atom. The molecule has 1 heterocycles. The Kier molecular flexibility index (Phi) is 2.67. The van der Waals surface area contributed by atoms with Crippen LogP contribution in [0.15, 0.2) is 5.38 Å². The molecule has 2 rings (SSSR count). The Morgan fingerprint density at radius 2 is 1.94 bits per heavy atom. The van der Waals surface area contributed by atoms with Gasteiger partial charge in [-0.1, -0.05) is 27.7 Å². The highest BCUT2D eigenvalue weighted by atomic mass is 32.1. The van der Waals surface area contributed by atoms with Gasteiger partial charge in [0.05, 0.1) is 5.01 Å². The summed E-state index contributed by atoms with van der Waals surface area (Å²) in [5.74, 6) is 0.615. The van der Waals surface area contributed by atoms with E-state index < -0.39 is 0 Å². The van der Waals surface area contributed by atoms with Gasteiger partial charge in [0.25, 0.3) is 0 Å². The Hall–Kier alpha value is -0.410. The maximum absolute atomic E-state index is 6.34. The lowest BCUT2D eigenvalue weighted by molar-refractivity contribution is 0.457. The van der Waals surface area contributed by atoms with Crippen LogP contribution in [0.3, 0.4) is 0 Å². The zero-order chi connectivity index (χ0) is 12.1. The molecule has 0 radical (unpaired) electrons. The Balaban J connectivity index is 2.03. The summed E-state index contributed by atoms with van der Waals surface area (Å²) in [6.07, 6.45) is 0.927. The van der Waals surface area contributed by atoms with Gasteiger partial charge in [-0.3, -0.25) is 0 Å². The van der Waals surface area contributed by atoms with Gasteiger partial charge < -0.3 is 5.73 Å². The number of thiazole rings is 1. The summed E-state index contributed by atoms with van der Waals surface area (Å²) in [6, 6.07) is 0.246. The van der Waals surface area contributed by atoms with Crippen LogP contribution >= 0.6 is 11.3 Å². The Labute approximate surface area is 102 Å². The number of nitrogens with two attached hydrogens (primary N) is 1. The summed E-state index contributed by atoms with van der Waals surface area (Å²) in [6.45, 7) is 11.3. The average molecular weight is 238 g/mol. The van der Waals surface area contributed by atoms with E-state index in [0.717, 1.165) is 12.1 Å². The van der Waals surface area contributed by atoms with Crippen LogP contribution < -0.4 is 5.73 Å². The highest BCUT2D eigenvalue weighted by Crippen LogP contribution is 2.69. The zero-order valence-electron chi connectivity index (χ0n) is 10.9. The average Bonchev–Trinajstić information content (AvgIpc) is 2.44. The highest BCUT2D eigenvalue weighted by Gasteiger charge is 2.66. The number of hydrogen-bond donors (Lipinski definition) is 1. The quantitative estimate of drug-likeness (QED) is 0.879. The third kappa shape index (κ3) is 1.70. The fourth-order valence-corrected chi connectivity index (χ4v) is 3.98. The largest absolute Gasteiger partial charge is 0.327 e. The lowest BCUT2D eigenvalue weighted by Gasteiger charge is -2.11. The first kappa shape index (κ1) is 12.1. The van der Waals surface area contributed by atoms with Crippen molar-refractivity contribution < 1.29 is 0 Å². The summed E-state index contributed by atoms with van der Waals surface area (Å²) in [5, 5.41) is 3.29. The standard InChI is InChI=1S/C13H22N2S/c1-8-7-16-10(15-8)6-9(14)11-12(2,3)13(11,4)5/h7,9,11H,6,14H2,1-5H3. The number of hydrogen-bond acceptors (Lipinski definition) is 3. The van der Waals surface area contributed by atoms with Crippen LogP contribution in [0, 0.1) is 23.7 Å². The molecule has 1 aromatic rings. The molecule has 0 amide bonds. The minimum Gasteiger partial charge on any atom is -0.327 e. The number of aromatic nitrogens is 1. The fourth-order valence-electron chi connectivity index (χ4n) is 3.13. The first-order chi connectivity index (χ1) is 7.26. The smallest absolute Gasteiger partial charge is 0.0943 e. The van der Waals surface area contributed by atoms with Gasteiger partial charge in [0.2, 0.25) is 0 Å². The molecule has 1 aromatic heterocycles. The van der Waals surface area contributed by atoms with Crippen LogP contribution in [0.25, 0.3) is 0 Å². The zero-order valence-corrected chi connectivity index (χ0v) is 11.7. The highest BCUT2D eigenvalue weighted by molar-refractivity contribution is 7.09. The lowest BCUT2D eigenvalue weighted by atomic mass is 10.0. The van der Waals surface area contributed by atoms with Gasteiger partial charge in [-0.05, 0) is 23.7 Å². The molecular weight excluding hydrogens is 216 g/mol. The maximum Gasteiger partial charge on any atom is 0.0943 e. The van der Waals surface area contributed by atoms with Crippen molar-refractivity contribution in [3.63, 3.8) is 0 Å². The van der Waals surface area contributed by atoms with Gasteiger partial charge in [0.1, 0.15) is 0 Å². The van der Waals surface area contributed by atoms with Gasteiger partial charge in [0, 0.05) is 23.5 Å². The van der Waals surface area contributed by atoms with Gasteiger partial charge >= 0.3 is 0 Å². The maximum atomic E-state index is 6.34. The van der Waals surface area contributed by atoms with Crippen LogP contribution in [-0.4, -0.2) is 11.0 Å². The van der Waals surface area contributed by atoms with Gasteiger partial charge in [-0.2, -0.15) is 0 Å². The monoisotopic (exact) mass is 238 g/mol. The van der Waals surface area contributed by atoms with Crippen molar-refractivity contribution in [1.82, 2.24) is 4.98 Å². The van der Waals surface area contributed by atoms with Gasteiger partial charge in [-0.15, -0.1) is 11.3 Å². The van der Waals surface area contributed by atoms with Crippen molar-refractivity contribution in [3.05, 3.63) is 16.1 Å². The van der Waals surface area contributed by atoms with E-state index in [2.05, 4.69) is 38.1 Å². The van der Waals surface area contributed by atoms with Crippen LogP contribution in [0.1, 0.15) is 38.4 Å². The molecule has 1 aliphatic rings. The summed E-state index contributed by atoms with van der Waals surface area (Å²) < 4.78 is 0. The van der Waals surface area contributed by atoms with Crippen LogP contribution in [0.4, 0.5) is 0 Å². The minimum atomic E-state index is 0.246.